The van der Waals surface area contributed by atoms with Crippen LogP contribution in [0.15, 0.2) is 0 Å². The third-order valence-electron chi connectivity index (χ3n) is 2.74. The number of urea groups is 1. The van der Waals surface area contributed by atoms with Crippen LogP contribution in [0.5, 0.6) is 0 Å². The van der Waals surface area contributed by atoms with Crippen molar-refractivity contribution in [3.05, 3.63) is 15.6 Å². The molecule has 108 valence electrons. The Kier molecular flexibility index (Phi) is 6.80. The van der Waals surface area contributed by atoms with E-state index in [1.807, 2.05) is 0 Å². The molecule has 6 heteroatoms. The summed E-state index contributed by atoms with van der Waals surface area (Å²) in [6, 6.07) is -0.190. The van der Waals surface area contributed by atoms with Gasteiger partial charge in [-0.2, -0.15) is 0 Å². The number of aliphatic hydroxyl groups is 1. The third-order valence-corrected chi connectivity index (χ3v) is 3.82. The number of thiazole rings is 1. The lowest BCUT2D eigenvalue weighted by Crippen LogP contribution is -2.37. The summed E-state index contributed by atoms with van der Waals surface area (Å²) in [5, 5.41) is 15.6. The standard InChI is InChI=1S/C13H23N3O2S/c1-4-11-10(3)19-12(16-11)6-8-15-13(18)14-7-5-9(2)17/h9,17H,4-8H2,1-3H3,(H2,14,15,18). The summed E-state index contributed by atoms with van der Waals surface area (Å²) >= 11 is 1.70. The molecule has 0 saturated carbocycles. The number of hydrogen-bond donors (Lipinski definition) is 3. The van der Waals surface area contributed by atoms with Gasteiger partial charge in [0.1, 0.15) is 0 Å². The number of nitrogens with zero attached hydrogens (tertiary/aromatic N) is 1. The fraction of sp³-hybridized carbons (Fsp3) is 0.692. The molecule has 0 aromatic carbocycles. The Hall–Kier alpha value is -1.14. The molecule has 0 spiro atoms. The van der Waals surface area contributed by atoms with E-state index in [1.165, 1.54) is 4.88 Å². The molecule has 0 bridgehead atoms. The zero-order chi connectivity index (χ0) is 14.3. The minimum atomic E-state index is -0.383. The van der Waals surface area contributed by atoms with Crippen molar-refractivity contribution >= 4 is 17.4 Å². The topological polar surface area (TPSA) is 74.2 Å². The van der Waals surface area contributed by atoms with Crippen molar-refractivity contribution in [2.75, 3.05) is 13.1 Å². The van der Waals surface area contributed by atoms with E-state index in [0.29, 0.717) is 19.5 Å². The van der Waals surface area contributed by atoms with E-state index >= 15 is 0 Å². The highest BCUT2D eigenvalue weighted by atomic mass is 32.1. The monoisotopic (exact) mass is 285 g/mol. The van der Waals surface area contributed by atoms with E-state index in [4.69, 9.17) is 5.11 Å². The highest BCUT2D eigenvalue weighted by Crippen LogP contribution is 2.17. The summed E-state index contributed by atoms with van der Waals surface area (Å²) in [5.74, 6) is 0. The number of nitrogens with one attached hydrogen (secondary N) is 2. The summed E-state index contributed by atoms with van der Waals surface area (Å²) in [7, 11) is 0. The quantitative estimate of drug-likeness (QED) is 0.713. The molecule has 3 N–H and O–H groups in total. The van der Waals surface area contributed by atoms with E-state index in [0.717, 1.165) is 23.5 Å². The maximum Gasteiger partial charge on any atom is 0.314 e. The molecule has 1 aromatic heterocycles. The van der Waals surface area contributed by atoms with Gasteiger partial charge in [0.25, 0.3) is 0 Å². The summed E-state index contributed by atoms with van der Waals surface area (Å²) in [5.41, 5.74) is 1.15. The maximum atomic E-state index is 11.4. The lowest BCUT2D eigenvalue weighted by molar-refractivity contribution is 0.183. The van der Waals surface area contributed by atoms with Gasteiger partial charge in [-0.15, -0.1) is 11.3 Å². The molecule has 2 amide bonds. The van der Waals surface area contributed by atoms with Crippen LogP contribution in [0.3, 0.4) is 0 Å². The van der Waals surface area contributed by atoms with Gasteiger partial charge in [0, 0.05) is 24.4 Å². The molecule has 0 aliphatic carbocycles. The third kappa shape index (κ3) is 6.02. The Balaban J connectivity index is 2.20. The number of rotatable bonds is 7. The predicted molar refractivity (Wildman–Crippen MR) is 77.6 cm³/mol. The van der Waals surface area contributed by atoms with Crippen molar-refractivity contribution in [3.63, 3.8) is 0 Å². The first-order valence-electron chi connectivity index (χ1n) is 6.67. The Morgan fingerprint density at radius 3 is 2.68 bits per heavy atom. The molecule has 0 fully saturated rings. The number of carbonyl (C=O) groups excluding carboxylic acids is 1. The van der Waals surface area contributed by atoms with Crippen LogP contribution in [0.25, 0.3) is 0 Å². The molecular weight excluding hydrogens is 262 g/mol. The second-order valence-corrected chi connectivity index (χ2v) is 5.82. The highest BCUT2D eigenvalue weighted by molar-refractivity contribution is 7.11. The van der Waals surface area contributed by atoms with Crippen LogP contribution in [-0.2, 0) is 12.8 Å². The van der Waals surface area contributed by atoms with E-state index in [-0.39, 0.29) is 12.1 Å². The molecule has 0 saturated heterocycles. The fourth-order valence-electron chi connectivity index (χ4n) is 1.66. The van der Waals surface area contributed by atoms with Gasteiger partial charge in [-0.1, -0.05) is 6.92 Å². The van der Waals surface area contributed by atoms with Crippen LogP contribution in [-0.4, -0.2) is 35.3 Å². The number of aromatic nitrogens is 1. The van der Waals surface area contributed by atoms with Gasteiger partial charge < -0.3 is 15.7 Å². The molecule has 1 heterocycles. The van der Waals surface area contributed by atoms with Crippen LogP contribution in [0.1, 0.15) is 35.8 Å². The molecule has 0 aliphatic heterocycles. The Bertz CT molecular complexity index is 405. The number of aryl methyl sites for hydroxylation is 2. The van der Waals surface area contributed by atoms with Crippen molar-refractivity contribution in [2.45, 2.75) is 46.1 Å². The fourth-order valence-corrected chi connectivity index (χ4v) is 2.68. The molecule has 19 heavy (non-hydrogen) atoms. The second kappa shape index (κ2) is 8.12. The van der Waals surface area contributed by atoms with Crippen molar-refractivity contribution in [3.8, 4) is 0 Å². The molecule has 1 atom stereocenters. The van der Waals surface area contributed by atoms with E-state index in [1.54, 1.807) is 18.3 Å². The van der Waals surface area contributed by atoms with Gasteiger partial charge in [0.05, 0.1) is 16.8 Å². The molecule has 1 unspecified atom stereocenters. The summed E-state index contributed by atoms with van der Waals surface area (Å²) in [4.78, 5) is 17.2. The largest absolute Gasteiger partial charge is 0.393 e. The average molecular weight is 285 g/mol. The maximum absolute atomic E-state index is 11.4. The molecule has 0 radical (unpaired) electrons. The van der Waals surface area contributed by atoms with Crippen LogP contribution in [0.4, 0.5) is 4.79 Å². The van der Waals surface area contributed by atoms with Crippen LogP contribution >= 0.6 is 11.3 Å². The lowest BCUT2D eigenvalue weighted by Gasteiger charge is -2.07. The molecule has 5 nitrogen and oxygen atoms in total. The minimum absolute atomic E-state index is 0.190. The first-order chi connectivity index (χ1) is 9.02. The van der Waals surface area contributed by atoms with Crippen LogP contribution < -0.4 is 10.6 Å². The molecular formula is C13H23N3O2S. The summed E-state index contributed by atoms with van der Waals surface area (Å²) < 4.78 is 0. The van der Waals surface area contributed by atoms with Gasteiger partial charge in [-0.3, -0.25) is 0 Å². The summed E-state index contributed by atoms with van der Waals surface area (Å²) in [6.45, 7) is 6.95. The van der Waals surface area contributed by atoms with Gasteiger partial charge in [-0.25, -0.2) is 9.78 Å². The van der Waals surface area contributed by atoms with Crippen molar-refractivity contribution < 1.29 is 9.90 Å². The highest BCUT2D eigenvalue weighted by Gasteiger charge is 2.06. The summed E-state index contributed by atoms with van der Waals surface area (Å²) in [6.07, 6.45) is 1.90. The Morgan fingerprint density at radius 2 is 2.11 bits per heavy atom. The average Bonchev–Trinajstić information content (AvgIpc) is 2.69. The second-order valence-electron chi connectivity index (χ2n) is 4.53. The molecule has 1 aromatic rings. The van der Waals surface area contributed by atoms with Crippen LogP contribution in [0.2, 0.25) is 0 Å². The van der Waals surface area contributed by atoms with Crippen LogP contribution in [0, 0.1) is 6.92 Å². The normalized spacial score (nSPS) is 12.2. The number of carbonyl (C=O) groups is 1. The van der Waals surface area contributed by atoms with E-state index in [9.17, 15) is 4.79 Å². The first-order valence-corrected chi connectivity index (χ1v) is 7.49. The Labute approximate surface area is 118 Å². The number of hydrogen-bond acceptors (Lipinski definition) is 4. The first kappa shape index (κ1) is 15.9. The minimum Gasteiger partial charge on any atom is -0.393 e. The zero-order valence-corrected chi connectivity index (χ0v) is 12.6. The molecule has 0 aliphatic rings. The predicted octanol–water partition coefficient (Wildman–Crippen LogP) is 1.63. The van der Waals surface area contributed by atoms with Gasteiger partial charge >= 0.3 is 6.03 Å². The zero-order valence-electron chi connectivity index (χ0n) is 11.8. The van der Waals surface area contributed by atoms with E-state index < -0.39 is 0 Å². The lowest BCUT2D eigenvalue weighted by atomic mass is 10.3. The van der Waals surface area contributed by atoms with Crippen molar-refractivity contribution in [2.24, 2.45) is 0 Å². The van der Waals surface area contributed by atoms with Gasteiger partial charge in [0.15, 0.2) is 0 Å². The number of aliphatic hydroxyl groups excluding tert-OH is 1. The van der Waals surface area contributed by atoms with Crippen molar-refractivity contribution in [1.82, 2.24) is 15.6 Å². The smallest absolute Gasteiger partial charge is 0.314 e. The molecule has 1 rings (SSSR count). The Morgan fingerprint density at radius 1 is 1.42 bits per heavy atom. The van der Waals surface area contributed by atoms with Crippen molar-refractivity contribution in [1.29, 1.82) is 0 Å². The van der Waals surface area contributed by atoms with Gasteiger partial charge in [-0.05, 0) is 26.7 Å². The SMILES string of the molecule is CCc1nc(CCNC(=O)NCCC(C)O)sc1C. The number of amides is 2. The van der Waals surface area contributed by atoms with E-state index in [2.05, 4.69) is 29.5 Å². The van der Waals surface area contributed by atoms with Gasteiger partial charge in [0.2, 0.25) is 0 Å².